The van der Waals surface area contributed by atoms with Crippen molar-refractivity contribution < 1.29 is 18.0 Å². The predicted molar refractivity (Wildman–Crippen MR) is 95.1 cm³/mol. The van der Waals surface area contributed by atoms with Crippen LogP contribution >= 0.6 is 0 Å². The summed E-state index contributed by atoms with van der Waals surface area (Å²) in [7, 11) is -2.13. The summed E-state index contributed by atoms with van der Waals surface area (Å²) in [5, 5.41) is 2.67. The van der Waals surface area contributed by atoms with E-state index in [9.17, 15) is 18.0 Å². The number of fused-ring (bicyclic) bond motifs is 1. The maximum atomic E-state index is 12.5. The number of nitrogens with zero attached hydrogens (tertiary/aromatic N) is 1. The van der Waals surface area contributed by atoms with Gasteiger partial charge < -0.3 is 10.2 Å². The number of nitrogens with one attached hydrogen (secondary N) is 2. The van der Waals surface area contributed by atoms with E-state index in [1.807, 2.05) is 0 Å². The molecule has 0 atom stereocenters. The molecule has 3 rings (SSSR count). The number of anilines is 3. The van der Waals surface area contributed by atoms with Gasteiger partial charge in [0.15, 0.2) is 0 Å². The molecule has 0 spiro atoms. The third kappa shape index (κ3) is 3.48. The molecule has 130 valence electrons. The third-order valence-electron chi connectivity index (χ3n) is 3.99. The summed E-state index contributed by atoms with van der Waals surface area (Å²) in [4.78, 5) is 24.3. The standard InChI is InChI=1S/C17H17N3O4S/c1-11(21)20(2)14-5-3-13(4-6-14)19-25(23,24)15-7-8-16-12(9-15)10-17(22)18-16/h3-9,19H,10H2,1-2H3,(H,18,22). The highest BCUT2D eigenvalue weighted by Gasteiger charge is 2.22. The Morgan fingerprint density at radius 1 is 1.16 bits per heavy atom. The number of carbonyl (C=O) groups is 2. The normalized spacial score (nSPS) is 13.1. The first-order valence-electron chi connectivity index (χ1n) is 7.56. The molecule has 0 aromatic heterocycles. The Morgan fingerprint density at radius 3 is 2.48 bits per heavy atom. The van der Waals surface area contributed by atoms with Crippen LogP contribution in [0.5, 0.6) is 0 Å². The third-order valence-corrected chi connectivity index (χ3v) is 5.37. The molecule has 1 aliphatic heterocycles. The predicted octanol–water partition coefficient (Wildman–Crippen LogP) is 1.96. The molecule has 2 amide bonds. The molecule has 2 N–H and O–H groups in total. The summed E-state index contributed by atoms with van der Waals surface area (Å²) in [6.07, 6.45) is 0.171. The lowest BCUT2D eigenvalue weighted by Gasteiger charge is -2.15. The Hall–Kier alpha value is -2.87. The lowest BCUT2D eigenvalue weighted by molar-refractivity contribution is -0.116. The van der Waals surface area contributed by atoms with Crippen LogP contribution in [0.2, 0.25) is 0 Å². The van der Waals surface area contributed by atoms with Crippen molar-refractivity contribution in [1.82, 2.24) is 0 Å². The summed E-state index contributed by atoms with van der Waals surface area (Å²) in [6.45, 7) is 1.45. The van der Waals surface area contributed by atoms with Gasteiger partial charge in [0.25, 0.3) is 10.0 Å². The molecule has 2 aromatic rings. The van der Waals surface area contributed by atoms with Crippen LogP contribution in [-0.4, -0.2) is 27.3 Å². The first-order chi connectivity index (χ1) is 11.8. The molecule has 0 aliphatic carbocycles. The van der Waals surface area contributed by atoms with Crippen LogP contribution < -0.4 is 14.9 Å². The van der Waals surface area contributed by atoms with Gasteiger partial charge in [-0.2, -0.15) is 0 Å². The van der Waals surface area contributed by atoms with Crippen molar-refractivity contribution >= 4 is 38.9 Å². The molecule has 25 heavy (non-hydrogen) atoms. The lowest BCUT2D eigenvalue weighted by atomic mass is 10.2. The maximum Gasteiger partial charge on any atom is 0.261 e. The molecule has 0 fully saturated rings. The maximum absolute atomic E-state index is 12.5. The zero-order valence-electron chi connectivity index (χ0n) is 13.7. The first kappa shape index (κ1) is 17.0. The molecule has 0 saturated heterocycles. The van der Waals surface area contributed by atoms with Crippen LogP contribution in [0.4, 0.5) is 17.1 Å². The van der Waals surface area contributed by atoms with E-state index < -0.39 is 10.0 Å². The van der Waals surface area contributed by atoms with E-state index in [-0.39, 0.29) is 23.1 Å². The molecule has 2 aromatic carbocycles. The van der Waals surface area contributed by atoms with Gasteiger partial charge in [-0.05, 0) is 48.0 Å². The monoisotopic (exact) mass is 359 g/mol. The van der Waals surface area contributed by atoms with Gasteiger partial charge in [-0.15, -0.1) is 0 Å². The fourth-order valence-electron chi connectivity index (χ4n) is 2.52. The van der Waals surface area contributed by atoms with Crippen LogP contribution in [0.3, 0.4) is 0 Å². The highest BCUT2D eigenvalue weighted by Crippen LogP contribution is 2.27. The van der Waals surface area contributed by atoms with Crippen molar-refractivity contribution in [2.24, 2.45) is 0 Å². The molecular weight excluding hydrogens is 342 g/mol. The zero-order valence-corrected chi connectivity index (χ0v) is 14.6. The molecule has 0 unspecified atom stereocenters. The molecule has 0 saturated carbocycles. The average molecular weight is 359 g/mol. The van der Waals surface area contributed by atoms with Gasteiger partial charge in [0.05, 0.1) is 11.3 Å². The van der Waals surface area contributed by atoms with E-state index >= 15 is 0 Å². The van der Waals surface area contributed by atoms with Crippen molar-refractivity contribution in [3.05, 3.63) is 48.0 Å². The Labute approximate surface area is 145 Å². The summed E-state index contributed by atoms with van der Waals surface area (Å²) in [5.74, 6) is -0.266. The SMILES string of the molecule is CC(=O)N(C)c1ccc(NS(=O)(=O)c2ccc3c(c2)CC(=O)N3)cc1. The minimum Gasteiger partial charge on any atom is -0.326 e. The van der Waals surface area contributed by atoms with E-state index in [1.54, 1.807) is 37.4 Å². The number of carbonyl (C=O) groups excluding carboxylic acids is 2. The molecule has 0 radical (unpaired) electrons. The molecule has 8 heteroatoms. The lowest BCUT2D eigenvalue weighted by Crippen LogP contribution is -2.22. The van der Waals surface area contributed by atoms with E-state index in [4.69, 9.17) is 0 Å². The van der Waals surface area contributed by atoms with Crippen molar-refractivity contribution in [2.45, 2.75) is 18.2 Å². The van der Waals surface area contributed by atoms with E-state index in [0.717, 1.165) is 0 Å². The van der Waals surface area contributed by atoms with Gasteiger partial charge in [-0.25, -0.2) is 8.42 Å². The molecule has 0 bridgehead atoms. The number of rotatable bonds is 4. The van der Waals surface area contributed by atoms with Gasteiger partial charge in [0.2, 0.25) is 11.8 Å². The minimum atomic E-state index is -3.77. The topological polar surface area (TPSA) is 95.6 Å². The molecular formula is C17H17N3O4S. The van der Waals surface area contributed by atoms with E-state index in [1.165, 1.54) is 24.0 Å². The average Bonchev–Trinajstić information content (AvgIpc) is 2.93. The zero-order chi connectivity index (χ0) is 18.2. The number of amides is 2. The Morgan fingerprint density at radius 2 is 1.84 bits per heavy atom. The Balaban J connectivity index is 1.81. The smallest absolute Gasteiger partial charge is 0.261 e. The second-order valence-corrected chi connectivity index (χ2v) is 7.46. The van der Waals surface area contributed by atoms with Crippen molar-refractivity contribution in [2.75, 3.05) is 22.0 Å². The van der Waals surface area contributed by atoms with Gasteiger partial charge >= 0.3 is 0 Å². The van der Waals surface area contributed by atoms with E-state index in [2.05, 4.69) is 10.0 Å². The van der Waals surface area contributed by atoms with Gasteiger partial charge in [-0.3, -0.25) is 14.3 Å². The van der Waals surface area contributed by atoms with Crippen molar-refractivity contribution in [1.29, 1.82) is 0 Å². The second kappa shape index (κ2) is 6.21. The highest BCUT2D eigenvalue weighted by molar-refractivity contribution is 7.92. The first-order valence-corrected chi connectivity index (χ1v) is 9.04. The fourth-order valence-corrected chi connectivity index (χ4v) is 3.63. The molecule has 7 nitrogen and oxygen atoms in total. The number of benzene rings is 2. The molecule has 1 aliphatic rings. The fraction of sp³-hybridized carbons (Fsp3) is 0.176. The highest BCUT2D eigenvalue weighted by atomic mass is 32.2. The van der Waals surface area contributed by atoms with Crippen molar-refractivity contribution in [3.8, 4) is 0 Å². The van der Waals surface area contributed by atoms with Crippen LogP contribution in [0.25, 0.3) is 0 Å². The summed E-state index contributed by atoms with van der Waals surface area (Å²) in [6, 6.07) is 11.0. The van der Waals surface area contributed by atoms with Gasteiger partial charge in [0.1, 0.15) is 0 Å². The Bertz CT molecular complexity index is 952. The van der Waals surface area contributed by atoms with Gasteiger partial charge in [-0.1, -0.05) is 0 Å². The van der Waals surface area contributed by atoms with Gasteiger partial charge in [0, 0.05) is 31.0 Å². The van der Waals surface area contributed by atoms with Crippen LogP contribution in [0, 0.1) is 0 Å². The quantitative estimate of drug-likeness (QED) is 0.872. The second-order valence-electron chi connectivity index (χ2n) is 5.77. The van der Waals surface area contributed by atoms with Crippen molar-refractivity contribution in [3.63, 3.8) is 0 Å². The summed E-state index contributed by atoms with van der Waals surface area (Å²) >= 11 is 0. The summed E-state index contributed by atoms with van der Waals surface area (Å²) < 4.78 is 27.6. The van der Waals surface area contributed by atoms with E-state index in [0.29, 0.717) is 22.6 Å². The van der Waals surface area contributed by atoms with Crippen LogP contribution in [0.1, 0.15) is 12.5 Å². The summed E-state index contributed by atoms with van der Waals surface area (Å²) in [5.41, 5.74) is 2.35. The number of hydrogen-bond acceptors (Lipinski definition) is 4. The Kier molecular flexibility index (Phi) is 4.22. The van der Waals surface area contributed by atoms with Crippen LogP contribution in [0.15, 0.2) is 47.4 Å². The molecule has 1 heterocycles. The number of hydrogen-bond donors (Lipinski definition) is 2. The number of sulfonamides is 1. The largest absolute Gasteiger partial charge is 0.326 e. The minimum absolute atomic E-state index is 0.0904. The van der Waals surface area contributed by atoms with Crippen LogP contribution in [-0.2, 0) is 26.0 Å².